The van der Waals surface area contributed by atoms with Gasteiger partial charge in [0.25, 0.3) is 0 Å². The molecule has 0 aromatic rings. The molecule has 0 saturated heterocycles. The van der Waals surface area contributed by atoms with Gasteiger partial charge < -0.3 is 0 Å². The number of aliphatic hydroxyl groups is 2. The second-order valence-electron chi connectivity index (χ2n) is 10.8. The Labute approximate surface area is 191 Å². The zero-order valence-corrected chi connectivity index (χ0v) is 24.5. The number of allylic oxidation sites excluding steroid dienone is 2. The summed E-state index contributed by atoms with van der Waals surface area (Å²) in [5, 5.41) is 23.1. The standard InChI is InChI=1S/C14H21O2Si.3C4H9.Sn/c1-5-11(17(2,3)4)12-9-7-6-8-10(9)13(15)14(12)16;3*1-3-4-2;/h1,5,13-16H,6-8H2,2-4H3;3*1,3-4H2,2H3;/b5-1?,12-11+;;;;/t13-,14+;;;;/m1..../s1. The molecular weight excluding hydrogens is 491 g/mol. The molecule has 0 aromatic heterocycles. The molecule has 0 spiro atoms. The van der Waals surface area contributed by atoms with Crippen molar-refractivity contribution in [1.82, 2.24) is 0 Å². The summed E-state index contributed by atoms with van der Waals surface area (Å²) in [4.78, 5) is 0. The first-order chi connectivity index (χ1) is 14.2. The van der Waals surface area contributed by atoms with Gasteiger partial charge in [-0.2, -0.15) is 0 Å². The summed E-state index contributed by atoms with van der Waals surface area (Å²) in [6.07, 6.45) is 12.3. The molecule has 0 unspecified atom stereocenters. The van der Waals surface area contributed by atoms with E-state index in [1.54, 1.807) is 0 Å². The summed E-state index contributed by atoms with van der Waals surface area (Å²) in [5.41, 5.74) is 3.58. The van der Waals surface area contributed by atoms with E-state index in [9.17, 15) is 10.2 Å². The third-order valence-corrected chi connectivity index (χ3v) is 23.4. The van der Waals surface area contributed by atoms with Gasteiger partial charge in [0.1, 0.15) is 0 Å². The van der Waals surface area contributed by atoms with E-state index in [-0.39, 0.29) is 0 Å². The van der Waals surface area contributed by atoms with Crippen LogP contribution in [0, 0.1) is 0 Å². The van der Waals surface area contributed by atoms with Crippen molar-refractivity contribution >= 4 is 26.5 Å². The molecule has 0 radical (unpaired) electrons. The molecule has 0 fully saturated rings. The summed E-state index contributed by atoms with van der Waals surface area (Å²) in [7, 11) is -1.66. The summed E-state index contributed by atoms with van der Waals surface area (Å²) in [6, 6.07) is 0. The summed E-state index contributed by atoms with van der Waals surface area (Å²) < 4.78 is 7.21. The van der Waals surface area contributed by atoms with Crippen LogP contribution in [0.25, 0.3) is 0 Å². The van der Waals surface area contributed by atoms with Crippen LogP contribution in [0.1, 0.15) is 78.6 Å². The van der Waals surface area contributed by atoms with Crippen LogP contribution in [-0.2, 0) is 0 Å². The van der Waals surface area contributed by atoms with E-state index in [1.165, 1.54) is 62.6 Å². The first kappa shape index (κ1) is 26.4. The topological polar surface area (TPSA) is 40.5 Å². The van der Waals surface area contributed by atoms with Crippen LogP contribution < -0.4 is 0 Å². The molecule has 2 aliphatic rings. The van der Waals surface area contributed by atoms with Crippen molar-refractivity contribution in [1.29, 1.82) is 0 Å². The Bertz CT molecular complexity index is 635. The molecule has 0 aliphatic heterocycles. The predicted octanol–water partition coefficient (Wildman–Crippen LogP) is 7.32. The van der Waals surface area contributed by atoms with Gasteiger partial charge in [0.15, 0.2) is 0 Å². The first-order valence-corrected chi connectivity index (χ1v) is 23.9. The van der Waals surface area contributed by atoms with Gasteiger partial charge in [-0.15, -0.1) is 0 Å². The Morgan fingerprint density at radius 1 is 0.900 bits per heavy atom. The minimum absolute atomic E-state index is 0.661. The van der Waals surface area contributed by atoms with Crippen molar-refractivity contribution in [2.24, 2.45) is 0 Å². The molecular formula is C26H48O2SiSn. The van der Waals surface area contributed by atoms with Gasteiger partial charge in [-0.1, -0.05) is 0 Å². The minimum atomic E-state index is -2.38. The van der Waals surface area contributed by atoms with Crippen LogP contribution in [-0.4, -0.2) is 48.9 Å². The van der Waals surface area contributed by atoms with E-state index >= 15 is 0 Å². The van der Waals surface area contributed by atoms with E-state index in [2.05, 4.69) is 50.6 Å². The van der Waals surface area contributed by atoms with Crippen molar-refractivity contribution in [2.75, 3.05) is 0 Å². The van der Waals surface area contributed by atoms with Crippen LogP contribution >= 0.6 is 0 Å². The molecule has 172 valence electrons. The van der Waals surface area contributed by atoms with Crippen molar-refractivity contribution in [3.63, 3.8) is 0 Å². The normalized spacial score (nSPS) is 24.3. The molecule has 30 heavy (non-hydrogen) atoms. The second kappa shape index (κ2) is 11.9. The van der Waals surface area contributed by atoms with Gasteiger partial charge >= 0.3 is 192 Å². The SMILES string of the molecule is CCC[CH2][Sn](/[CH]=C/C(=C1/C2=C(CCC2)[C@@H](O)[C@H]1O)[Si](C)(C)C)([CH2]CCC)[CH2]CCC. The number of hydrogen-bond acceptors (Lipinski definition) is 2. The average Bonchev–Trinajstić information content (AvgIpc) is 3.26. The van der Waals surface area contributed by atoms with E-state index in [0.29, 0.717) is 0 Å². The summed E-state index contributed by atoms with van der Waals surface area (Å²) >= 11 is -2.38. The second-order valence-corrected chi connectivity index (χ2v) is 28.9. The fraction of sp³-hybridized carbons (Fsp3) is 0.769. The van der Waals surface area contributed by atoms with Crippen LogP contribution in [0.15, 0.2) is 32.1 Å². The number of rotatable bonds is 12. The van der Waals surface area contributed by atoms with Gasteiger partial charge in [0.05, 0.1) is 0 Å². The van der Waals surface area contributed by atoms with Gasteiger partial charge in [0, 0.05) is 0 Å². The zero-order chi connectivity index (χ0) is 22.4. The van der Waals surface area contributed by atoms with Crippen molar-refractivity contribution < 1.29 is 10.2 Å². The maximum atomic E-state index is 11.0. The Hall–Kier alpha value is 0.156. The Morgan fingerprint density at radius 2 is 1.43 bits per heavy atom. The van der Waals surface area contributed by atoms with Crippen LogP contribution in [0.4, 0.5) is 0 Å². The number of unbranched alkanes of at least 4 members (excludes halogenated alkanes) is 3. The van der Waals surface area contributed by atoms with Crippen LogP contribution in [0.5, 0.6) is 0 Å². The van der Waals surface area contributed by atoms with Crippen molar-refractivity contribution in [2.45, 2.75) is 124 Å². The molecule has 2 rings (SSSR count). The maximum absolute atomic E-state index is 11.0. The Kier molecular flexibility index (Phi) is 10.4. The van der Waals surface area contributed by atoms with Gasteiger partial charge in [-0.05, 0) is 0 Å². The molecule has 2 atom stereocenters. The van der Waals surface area contributed by atoms with E-state index in [4.69, 9.17) is 0 Å². The van der Waals surface area contributed by atoms with E-state index in [0.717, 1.165) is 30.4 Å². The predicted molar refractivity (Wildman–Crippen MR) is 137 cm³/mol. The molecule has 4 heteroatoms. The quantitative estimate of drug-likeness (QED) is 0.255. The van der Waals surface area contributed by atoms with Crippen LogP contribution in [0.3, 0.4) is 0 Å². The van der Waals surface area contributed by atoms with Gasteiger partial charge in [-0.25, -0.2) is 0 Å². The number of aliphatic hydroxyl groups excluding tert-OH is 2. The van der Waals surface area contributed by atoms with Gasteiger partial charge in [0.2, 0.25) is 0 Å². The third-order valence-electron chi connectivity index (χ3n) is 7.32. The molecule has 0 aromatic carbocycles. The van der Waals surface area contributed by atoms with Crippen molar-refractivity contribution in [3.05, 3.63) is 32.1 Å². The number of hydrogen-bond donors (Lipinski definition) is 2. The Morgan fingerprint density at radius 3 is 1.90 bits per heavy atom. The van der Waals surface area contributed by atoms with E-state index < -0.39 is 38.7 Å². The average molecular weight is 539 g/mol. The van der Waals surface area contributed by atoms with Crippen molar-refractivity contribution in [3.8, 4) is 0 Å². The molecule has 0 saturated carbocycles. The monoisotopic (exact) mass is 540 g/mol. The third kappa shape index (κ3) is 6.36. The zero-order valence-electron chi connectivity index (χ0n) is 20.7. The fourth-order valence-electron chi connectivity index (χ4n) is 5.47. The molecule has 2 N–H and O–H groups in total. The summed E-state index contributed by atoms with van der Waals surface area (Å²) in [6.45, 7) is 14.2. The molecule has 0 amide bonds. The molecule has 0 heterocycles. The van der Waals surface area contributed by atoms with E-state index in [1.807, 2.05) is 0 Å². The fourth-order valence-corrected chi connectivity index (χ4v) is 21.7. The first-order valence-electron chi connectivity index (χ1n) is 12.7. The summed E-state index contributed by atoms with van der Waals surface area (Å²) in [5.74, 6) is 0. The molecule has 0 bridgehead atoms. The molecule has 2 nitrogen and oxygen atoms in total. The molecule has 2 aliphatic carbocycles. The Balaban J connectivity index is 2.50. The van der Waals surface area contributed by atoms with Crippen LogP contribution in [0.2, 0.25) is 33.0 Å². The van der Waals surface area contributed by atoms with Gasteiger partial charge in [-0.3, -0.25) is 0 Å².